The summed E-state index contributed by atoms with van der Waals surface area (Å²) in [5.74, 6) is 2.80. The Morgan fingerprint density at radius 3 is 2.60 bits per heavy atom. The van der Waals surface area contributed by atoms with Gasteiger partial charge < -0.3 is 15.8 Å². The minimum atomic E-state index is -0.0691. The van der Waals surface area contributed by atoms with Crippen LogP contribution in [0.4, 0.5) is 0 Å². The van der Waals surface area contributed by atoms with E-state index >= 15 is 0 Å². The maximum absolute atomic E-state index is 11.8. The van der Waals surface area contributed by atoms with E-state index in [-0.39, 0.29) is 12.5 Å². The first kappa shape index (κ1) is 15.1. The molecule has 0 radical (unpaired) electrons. The van der Waals surface area contributed by atoms with Crippen molar-refractivity contribution < 1.29 is 9.53 Å². The molecule has 0 aromatic heterocycles. The summed E-state index contributed by atoms with van der Waals surface area (Å²) < 4.78 is 5.44. The largest absolute Gasteiger partial charge is 0.484 e. The molecule has 0 atom stereocenters. The third-order valence-electron chi connectivity index (χ3n) is 3.10. The minimum Gasteiger partial charge on any atom is -0.484 e. The second-order valence-corrected chi connectivity index (χ2v) is 6.30. The summed E-state index contributed by atoms with van der Waals surface area (Å²) >= 11 is 6.81. The van der Waals surface area contributed by atoms with Crippen molar-refractivity contribution in [2.75, 3.05) is 18.1 Å². The Morgan fingerprint density at radius 2 is 2.00 bits per heavy atom. The Labute approximate surface area is 128 Å². The third-order valence-corrected chi connectivity index (χ3v) is 4.38. The Bertz CT molecular complexity index is 471. The highest BCUT2D eigenvalue weighted by Crippen LogP contribution is 2.17. The van der Waals surface area contributed by atoms with Gasteiger partial charge in [-0.1, -0.05) is 12.2 Å². The first-order valence-electron chi connectivity index (χ1n) is 6.55. The number of thioether (sulfide) groups is 1. The van der Waals surface area contributed by atoms with Gasteiger partial charge in [0.25, 0.3) is 5.91 Å². The molecule has 1 aliphatic heterocycles. The molecule has 3 N–H and O–H groups in total. The molecule has 0 spiro atoms. The maximum Gasteiger partial charge on any atom is 0.258 e. The van der Waals surface area contributed by atoms with Gasteiger partial charge in [-0.2, -0.15) is 11.8 Å². The molecule has 1 amide bonds. The van der Waals surface area contributed by atoms with E-state index in [4.69, 9.17) is 22.7 Å². The second-order valence-electron chi connectivity index (χ2n) is 4.63. The Balaban J connectivity index is 1.76. The van der Waals surface area contributed by atoms with E-state index in [0.29, 0.717) is 16.8 Å². The molecule has 1 aliphatic rings. The van der Waals surface area contributed by atoms with E-state index in [0.717, 1.165) is 29.9 Å². The summed E-state index contributed by atoms with van der Waals surface area (Å²) in [6, 6.07) is 7.39. The number of hydrogen-bond acceptors (Lipinski definition) is 4. The lowest BCUT2D eigenvalue weighted by atomic mass is 10.1. The first-order chi connectivity index (χ1) is 9.65. The number of carbonyl (C=O) groups excluding carboxylic acids is 1. The van der Waals surface area contributed by atoms with Gasteiger partial charge in [-0.3, -0.25) is 4.79 Å². The molecule has 1 fully saturated rings. The highest BCUT2D eigenvalue weighted by Gasteiger charge is 2.16. The first-order valence-corrected chi connectivity index (χ1v) is 8.11. The number of amides is 1. The van der Waals surface area contributed by atoms with Gasteiger partial charge in [0.2, 0.25) is 0 Å². The zero-order valence-corrected chi connectivity index (χ0v) is 12.8. The molecule has 1 heterocycles. The second kappa shape index (κ2) is 7.50. The van der Waals surface area contributed by atoms with E-state index < -0.39 is 0 Å². The van der Waals surface area contributed by atoms with Crippen molar-refractivity contribution in [3.63, 3.8) is 0 Å². The van der Waals surface area contributed by atoms with E-state index in [1.807, 2.05) is 11.8 Å². The standard InChI is InChI=1S/C14H18N2O2S2/c15-14(19)10-1-3-12(4-2-10)18-9-13(17)16-11-5-7-20-8-6-11/h1-4,11H,5-9H2,(H2,15,19)(H,16,17). The summed E-state index contributed by atoms with van der Waals surface area (Å²) in [6.45, 7) is 0.0378. The molecular formula is C14H18N2O2S2. The van der Waals surface area contributed by atoms with Crippen LogP contribution in [0.15, 0.2) is 24.3 Å². The average Bonchev–Trinajstić information content (AvgIpc) is 2.46. The van der Waals surface area contributed by atoms with Gasteiger partial charge in [-0.25, -0.2) is 0 Å². The molecule has 4 nitrogen and oxygen atoms in total. The summed E-state index contributed by atoms with van der Waals surface area (Å²) in [6.07, 6.45) is 2.08. The summed E-state index contributed by atoms with van der Waals surface area (Å²) in [5, 5.41) is 3.00. The topological polar surface area (TPSA) is 64.3 Å². The quantitative estimate of drug-likeness (QED) is 0.811. The van der Waals surface area contributed by atoms with E-state index in [9.17, 15) is 4.79 Å². The summed E-state index contributed by atoms with van der Waals surface area (Å²) in [4.78, 5) is 12.1. The van der Waals surface area contributed by atoms with Gasteiger partial charge >= 0.3 is 0 Å². The van der Waals surface area contributed by atoms with E-state index in [1.54, 1.807) is 24.3 Å². The van der Waals surface area contributed by atoms with E-state index in [1.165, 1.54) is 0 Å². The maximum atomic E-state index is 11.8. The zero-order valence-electron chi connectivity index (χ0n) is 11.1. The zero-order chi connectivity index (χ0) is 14.4. The molecule has 0 aliphatic carbocycles. The number of rotatable bonds is 5. The molecule has 1 aromatic carbocycles. The number of nitrogens with two attached hydrogens (primary N) is 1. The predicted molar refractivity (Wildman–Crippen MR) is 86.3 cm³/mol. The lowest BCUT2D eigenvalue weighted by Crippen LogP contribution is -2.39. The third kappa shape index (κ3) is 4.68. The fraction of sp³-hybridized carbons (Fsp3) is 0.429. The van der Waals surface area contributed by atoms with Crippen LogP contribution in [-0.4, -0.2) is 35.1 Å². The van der Waals surface area contributed by atoms with Gasteiger partial charge in [0, 0.05) is 11.6 Å². The van der Waals surface area contributed by atoms with Gasteiger partial charge in [0.05, 0.1) is 0 Å². The number of nitrogens with one attached hydrogen (secondary N) is 1. The van der Waals surface area contributed by atoms with Crippen LogP contribution in [0.3, 0.4) is 0 Å². The van der Waals surface area contributed by atoms with Crippen molar-refractivity contribution in [2.45, 2.75) is 18.9 Å². The number of benzene rings is 1. The van der Waals surface area contributed by atoms with Crippen LogP contribution in [0.5, 0.6) is 5.75 Å². The Morgan fingerprint density at radius 1 is 1.35 bits per heavy atom. The number of hydrogen-bond donors (Lipinski definition) is 2. The number of ether oxygens (including phenoxy) is 1. The van der Waals surface area contributed by atoms with Gasteiger partial charge in [-0.05, 0) is 48.6 Å². The normalized spacial score (nSPS) is 15.6. The number of carbonyl (C=O) groups is 1. The molecule has 0 saturated carbocycles. The predicted octanol–water partition coefficient (Wildman–Crippen LogP) is 1.71. The van der Waals surface area contributed by atoms with Crippen LogP contribution in [0.2, 0.25) is 0 Å². The highest BCUT2D eigenvalue weighted by atomic mass is 32.2. The minimum absolute atomic E-state index is 0.0378. The van der Waals surface area contributed by atoms with Crippen LogP contribution in [0.25, 0.3) is 0 Å². The van der Waals surface area contributed by atoms with Crippen molar-refractivity contribution in [2.24, 2.45) is 5.73 Å². The smallest absolute Gasteiger partial charge is 0.258 e. The van der Waals surface area contributed by atoms with Crippen molar-refractivity contribution >= 4 is 34.9 Å². The van der Waals surface area contributed by atoms with Crippen molar-refractivity contribution in [1.82, 2.24) is 5.32 Å². The van der Waals surface area contributed by atoms with Crippen LogP contribution in [-0.2, 0) is 4.79 Å². The Kier molecular flexibility index (Phi) is 5.67. The lowest BCUT2D eigenvalue weighted by Gasteiger charge is -2.22. The summed E-state index contributed by atoms with van der Waals surface area (Å²) in [7, 11) is 0. The van der Waals surface area contributed by atoms with Crippen molar-refractivity contribution in [1.29, 1.82) is 0 Å². The number of thiocarbonyl (C=S) groups is 1. The molecule has 1 aromatic rings. The SMILES string of the molecule is NC(=S)c1ccc(OCC(=O)NC2CCSCC2)cc1. The molecule has 0 bridgehead atoms. The average molecular weight is 310 g/mol. The van der Waals surface area contributed by atoms with E-state index in [2.05, 4.69) is 5.32 Å². The van der Waals surface area contributed by atoms with Crippen LogP contribution >= 0.6 is 24.0 Å². The van der Waals surface area contributed by atoms with Crippen LogP contribution < -0.4 is 15.8 Å². The van der Waals surface area contributed by atoms with Gasteiger partial charge in [0.1, 0.15) is 10.7 Å². The molecule has 108 valence electrons. The molecule has 2 rings (SSSR count). The monoisotopic (exact) mass is 310 g/mol. The molecule has 0 unspecified atom stereocenters. The van der Waals surface area contributed by atoms with Crippen LogP contribution in [0, 0.1) is 0 Å². The van der Waals surface area contributed by atoms with Crippen molar-refractivity contribution in [3.8, 4) is 5.75 Å². The fourth-order valence-electron chi connectivity index (χ4n) is 1.98. The summed E-state index contributed by atoms with van der Waals surface area (Å²) in [5.41, 5.74) is 6.30. The molecule has 20 heavy (non-hydrogen) atoms. The fourth-order valence-corrected chi connectivity index (χ4v) is 3.22. The highest BCUT2D eigenvalue weighted by molar-refractivity contribution is 7.99. The van der Waals surface area contributed by atoms with Crippen molar-refractivity contribution in [3.05, 3.63) is 29.8 Å². The van der Waals surface area contributed by atoms with Gasteiger partial charge in [-0.15, -0.1) is 0 Å². The lowest BCUT2D eigenvalue weighted by molar-refractivity contribution is -0.123. The van der Waals surface area contributed by atoms with Crippen LogP contribution in [0.1, 0.15) is 18.4 Å². The Hall–Kier alpha value is -1.27. The molecule has 1 saturated heterocycles. The molecule has 6 heteroatoms. The molecular weight excluding hydrogens is 292 g/mol. The van der Waals surface area contributed by atoms with Gasteiger partial charge in [0.15, 0.2) is 6.61 Å².